The molecule has 0 aliphatic heterocycles. The molecule has 14 heavy (non-hydrogen) atoms. The highest BCUT2D eigenvalue weighted by Crippen LogP contribution is 2.08. The SMILES string of the molecule is CCC(C)N(CC(C)C)C[C@H](C)NC. The van der Waals surface area contributed by atoms with E-state index in [4.69, 9.17) is 0 Å². The lowest BCUT2D eigenvalue weighted by atomic mass is 10.1. The van der Waals surface area contributed by atoms with Gasteiger partial charge in [0.25, 0.3) is 0 Å². The molecule has 0 aromatic carbocycles. The second-order valence-electron chi connectivity index (χ2n) is 4.79. The summed E-state index contributed by atoms with van der Waals surface area (Å²) in [6, 6.07) is 1.29. The number of nitrogens with one attached hydrogen (secondary N) is 1. The van der Waals surface area contributed by atoms with Gasteiger partial charge in [0.2, 0.25) is 0 Å². The fourth-order valence-corrected chi connectivity index (χ4v) is 1.60. The molecular formula is C12H28N2. The summed E-state index contributed by atoms with van der Waals surface area (Å²) in [5, 5.41) is 3.31. The van der Waals surface area contributed by atoms with Crippen molar-refractivity contribution in [3.8, 4) is 0 Å². The van der Waals surface area contributed by atoms with Gasteiger partial charge in [0, 0.05) is 25.2 Å². The van der Waals surface area contributed by atoms with E-state index < -0.39 is 0 Å². The topological polar surface area (TPSA) is 15.3 Å². The van der Waals surface area contributed by atoms with Crippen molar-refractivity contribution in [2.45, 2.75) is 53.1 Å². The van der Waals surface area contributed by atoms with E-state index in [1.807, 2.05) is 7.05 Å². The molecule has 0 aliphatic rings. The molecule has 1 N–H and O–H groups in total. The zero-order valence-corrected chi connectivity index (χ0v) is 10.8. The number of nitrogens with zero attached hydrogens (tertiary/aromatic N) is 1. The van der Waals surface area contributed by atoms with Crippen LogP contribution < -0.4 is 5.32 Å². The van der Waals surface area contributed by atoms with Crippen LogP contribution in [0.15, 0.2) is 0 Å². The van der Waals surface area contributed by atoms with Gasteiger partial charge in [-0.15, -0.1) is 0 Å². The Morgan fingerprint density at radius 2 is 1.64 bits per heavy atom. The summed E-state index contributed by atoms with van der Waals surface area (Å²) in [7, 11) is 2.04. The first kappa shape index (κ1) is 13.9. The zero-order valence-electron chi connectivity index (χ0n) is 10.8. The third-order valence-corrected chi connectivity index (χ3v) is 2.81. The lowest BCUT2D eigenvalue weighted by molar-refractivity contribution is 0.168. The molecule has 0 spiro atoms. The molecule has 0 bridgehead atoms. The molecule has 0 aromatic rings. The highest BCUT2D eigenvalue weighted by Gasteiger charge is 2.15. The number of hydrogen-bond acceptors (Lipinski definition) is 2. The largest absolute Gasteiger partial charge is 0.316 e. The Hall–Kier alpha value is -0.0800. The normalized spacial score (nSPS) is 16.3. The van der Waals surface area contributed by atoms with Gasteiger partial charge in [0.05, 0.1) is 0 Å². The lowest BCUT2D eigenvalue weighted by Crippen LogP contribution is -2.43. The molecule has 0 aliphatic carbocycles. The Morgan fingerprint density at radius 1 is 1.07 bits per heavy atom. The minimum atomic E-state index is 0.586. The number of rotatable bonds is 7. The first-order valence-corrected chi connectivity index (χ1v) is 5.92. The van der Waals surface area contributed by atoms with Crippen molar-refractivity contribution in [1.29, 1.82) is 0 Å². The van der Waals surface area contributed by atoms with Crippen LogP contribution in [0.5, 0.6) is 0 Å². The van der Waals surface area contributed by atoms with Gasteiger partial charge in [0.15, 0.2) is 0 Å². The van der Waals surface area contributed by atoms with Gasteiger partial charge in [-0.05, 0) is 33.2 Å². The van der Waals surface area contributed by atoms with Gasteiger partial charge in [0.1, 0.15) is 0 Å². The van der Waals surface area contributed by atoms with E-state index >= 15 is 0 Å². The monoisotopic (exact) mass is 200 g/mol. The minimum Gasteiger partial charge on any atom is -0.316 e. The van der Waals surface area contributed by atoms with Gasteiger partial charge >= 0.3 is 0 Å². The Kier molecular flexibility index (Phi) is 7.20. The van der Waals surface area contributed by atoms with E-state index in [2.05, 4.69) is 44.8 Å². The molecule has 86 valence electrons. The summed E-state index contributed by atoms with van der Waals surface area (Å²) in [6.45, 7) is 13.8. The zero-order chi connectivity index (χ0) is 11.1. The van der Waals surface area contributed by atoms with E-state index in [0.717, 1.165) is 12.5 Å². The third-order valence-electron chi connectivity index (χ3n) is 2.81. The van der Waals surface area contributed by atoms with Crippen LogP contribution in [0.3, 0.4) is 0 Å². The first-order valence-electron chi connectivity index (χ1n) is 5.92. The summed E-state index contributed by atoms with van der Waals surface area (Å²) in [5.41, 5.74) is 0. The van der Waals surface area contributed by atoms with Crippen LogP contribution in [0.25, 0.3) is 0 Å². The van der Waals surface area contributed by atoms with Gasteiger partial charge in [-0.1, -0.05) is 20.8 Å². The molecule has 1 unspecified atom stereocenters. The van der Waals surface area contributed by atoms with Crippen LogP contribution in [0, 0.1) is 5.92 Å². The Bertz CT molecular complexity index is 134. The van der Waals surface area contributed by atoms with Crippen LogP contribution >= 0.6 is 0 Å². The Morgan fingerprint density at radius 3 is 2.00 bits per heavy atom. The summed E-state index contributed by atoms with van der Waals surface area (Å²) >= 11 is 0. The van der Waals surface area contributed by atoms with Crippen LogP contribution in [-0.4, -0.2) is 37.1 Å². The first-order chi connectivity index (χ1) is 6.51. The second kappa shape index (κ2) is 7.24. The maximum atomic E-state index is 3.31. The van der Waals surface area contributed by atoms with E-state index in [1.54, 1.807) is 0 Å². The smallest absolute Gasteiger partial charge is 0.0163 e. The Balaban J connectivity index is 4.09. The molecule has 0 fully saturated rings. The van der Waals surface area contributed by atoms with E-state index in [1.165, 1.54) is 13.0 Å². The average Bonchev–Trinajstić information content (AvgIpc) is 2.14. The van der Waals surface area contributed by atoms with Crippen LogP contribution in [-0.2, 0) is 0 Å². The van der Waals surface area contributed by atoms with Crippen molar-refractivity contribution >= 4 is 0 Å². The molecule has 0 aromatic heterocycles. The Labute approximate surface area is 90.1 Å². The van der Waals surface area contributed by atoms with Crippen molar-refractivity contribution < 1.29 is 0 Å². The third kappa shape index (κ3) is 5.61. The highest BCUT2D eigenvalue weighted by atomic mass is 15.2. The van der Waals surface area contributed by atoms with Gasteiger partial charge in [-0.25, -0.2) is 0 Å². The summed E-state index contributed by atoms with van der Waals surface area (Å²) < 4.78 is 0. The summed E-state index contributed by atoms with van der Waals surface area (Å²) in [4.78, 5) is 2.59. The lowest BCUT2D eigenvalue weighted by Gasteiger charge is -2.32. The van der Waals surface area contributed by atoms with Gasteiger partial charge in [-0.3, -0.25) is 4.90 Å². The van der Waals surface area contributed by atoms with Crippen molar-refractivity contribution in [3.05, 3.63) is 0 Å². The van der Waals surface area contributed by atoms with Crippen molar-refractivity contribution in [1.82, 2.24) is 10.2 Å². The predicted molar refractivity (Wildman–Crippen MR) is 64.7 cm³/mol. The predicted octanol–water partition coefficient (Wildman–Crippen LogP) is 2.35. The maximum absolute atomic E-state index is 3.31. The van der Waals surface area contributed by atoms with Gasteiger partial charge in [-0.2, -0.15) is 0 Å². The van der Waals surface area contributed by atoms with E-state index in [0.29, 0.717) is 12.1 Å². The molecule has 0 amide bonds. The fourth-order valence-electron chi connectivity index (χ4n) is 1.60. The van der Waals surface area contributed by atoms with Gasteiger partial charge < -0.3 is 5.32 Å². The van der Waals surface area contributed by atoms with Crippen LogP contribution in [0.4, 0.5) is 0 Å². The maximum Gasteiger partial charge on any atom is 0.0163 e. The molecule has 2 nitrogen and oxygen atoms in total. The fraction of sp³-hybridized carbons (Fsp3) is 1.00. The molecule has 0 radical (unpaired) electrons. The second-order valence-corrected chi connectivity index (χ2v) is 4.79. The molecule has 2 atom stereocenters. The van der Waals surface area contributed by atoms with Crippen molar-refractivity contribution in [2.75, 3.05) is 20.1 Å². The number of hydrogen-bond donors (Lipinski definition) is 1. The summed E-state index contributed by atoms with van der Waals surface area (Å²) in [6.07, 6.45) is 1.24. The van der Waals surface area contributed by atoms with Crippen LogP contribution in [0.2, 0.25) is 0 Å². The van der Waals surface area contributed by atoms with E-state index in [9.17, 15) is 0 Å². The minimum absolute atomic E-state index is 0.586. The molecule has 2 heteroatoms. The van der Waals surface area contributed by atoms with Crippen LogP contribution in [0.1, 0.15) is 41.0 Å². The average molecular weight is 200 g/mol. The van der Waals surface area contributed by atoms with Crippen molar-refractivity contribution in [3.63, 3.8) is 0 Å². The quantitative estimate of drug-likeness (QED) is 0.678. The molecule has 0 rings (SSSR count). The number of likely N-dealkylation sites (N-methyl/N-ethyl adjacent to an activating group) is 1. The molecule has 0 saturated carbocycles. The standard InChI is InChI=1S/C12H28N2/c1-7-12(5)14(8-10(2)3)9-11(4)13-6/h10-13H,7-9H2,1-6H3/t11-,12?/m0/s1. The highest BCUT2D eigenvalue weighted by molar-refractivity contribution is 4.72. The molecule has 0 heterocycles. The summed E-state index contributed by atoms with van der Waals surface area (Å²) in [5.74, 6) is 0.757. The molecule has 0 saturated heterocycles. The van der Waals surface area contributed by atoms with E-state index in [-0.39, 0.29) is 0 Å². The van der Waals surface area contributed by atoms with Crippen molar-refractivity contribution in [2.24, 2.45) is 5.92 Å². The molecular weight excluding hydrogens is 172 g/mol.